The Balaban J connectivity index is 0.00000189. The molecule has 10 heteroatoms. The summed E-state index contributed by atoms with van der Waals surface area (Å²) in [5.41, 5.74) is 1.03. The van der Waals surface area contributed by atoms with Gasteiger partial charge in [0.2, 0.25) is 5.95 Å². The molecule has 3 fully saturated rings. The lowest BCUT2D eigenvalue weighted by Crippen LogP contribution is -2.51. The summed E-state index contributed by atoms with van der Waals surface area (Å²) in [6, 6.07) is 6.13. The highest BCUT2D eigenvalue weighted by atomic mass is 32.2. The van der Waals surface area contributed by atoms with Crippen molar-refractivity contribution < 1.29 is 22.5 Å². The van der Waals surface area contributed by atoms with Gasteiger partial charge in [0.15, 0.2) is 0 Å². The molecule has 228 valence electrons. The number of hydrogen-bond donors (Lipinski definition) is 2. The van der Waals surface area contributed by atoms with E-state index in [4.69, 9.17) is 0 Å². The highest BCUT2D eigenvalue weighted by molar-refractivity contribution is 7.85. The molecule has 3 aliphatic rings. The van der Waals surface area contributed by atoms with Gasteiger partial charge in [0.25, 0.3) is 0 Å². The van der Waals surface area contributed by atoms with E-state index in [0.717, 1.165) is 42.6 Å². The number of aromatic nitrogens is 2. The Bertz CT molecular complexity index is 1200. The average Bonchev–Trinajstić information content (AvgIpc) is 2.93. The highest BCUT2D eigenvalue weighted by Gasteiger charge is 2.48. The molecule has 2 heterocycles. The molecule has 2 aromatic rings. The van der Waals surface area contributed by atoms with Crippen molar-refractivity contribution >= 4 is 22.4 Å². The molecular formula is C31H45F3N4O2S. The largest absolute Gasteiger partial charge is 0.419 e. The molecular weight excluding hydrogens is 549 g/mol. The molecule has 2 N–H and O–H groups in total. The molecule has 1 saturated heterocycles. The van der Waals surface area contributed by atoms with Crippen LogP contribution in [0, 0.1) is 12.3 Å². The molecule has 0 bridgehead atoms. The molecule has 0 radical (unpaired) electrons. The van der Waals surface area contributed by atoms with Crippen LogP contribution in [0.5, 0.6) is 0 Å². The van der Waals surface area contributed by atoms with Gasteiger partial charge in [-0.15, -0.1) is 0 Å². The number of aliphatic hydroxyl groups is 1. The van der Waals surface area contributed by atoms with Gasteiger partial charge >= 0.3 is 6.18 Å². The summed E-state index contributed by atoms with van der Waals surface area (Å²) in [5.74, 6) is -0.266. The zero-order valence-electron chi connectivity index (χ0n) is 24.9. The second kappa shape index (κ2) is 13.1. The lowest BCUT2D eigenvalue weighted by atomic mass is 9.63. The van der Waals surface area contributed by atoms with Crippen LogP contribution in [0.1, 0.15) is 102 Å². The van der Waals surface area contributed by atoms with Crippen molar-refractivity contribution in [1.82, 2.24) is 14.9 Å². The van der Waals surface area contributed by atoms with Gasteiger partial charge in [-0.3, -0.25) is 4.21 Å². The SMILES string of the molecule is CC.Cc1cc(S(=O)C2CC3(CCN(C(C)C)CC3)C2)ccc1Nc1ncc(C(F)(F)F)c(C2CCC(O)CC2)n1. The number of nitrogens with one attached hydrogen (secondary N) is 1. The van der Waals surface area contributed by atoms with Gasteiger partial charge in [0.1, 0.15) is 0 Å². The molecule has 2 saturated carbocycles. The Morgan fingerprint density at radius 2 is 1.73 bits per heavy atom. The Labute approximate surface area is 245 Å². The van der Waals surface area contributed by atoms with Crippen molar-refractivity contribution in [2.24, 2.45) is 5.41 Å². The Kier molecular flexibility index (Phi) is 10.2. The van der Waals surface area contributed by atoms with Crippen molar-refractivity contribution in [3.05, 3.63) is 41.2 Å². The molecule has 1 spiro atoms. The molecule has 1 unspecified atom stereocenters. The minimum Gasteiger partial charge on any atom is -0.393 e. The van der Waals surface area contributed by atoms with Crippen molar-refractivity contribution in [2.45, 2.75) is 120 Å². The molecule has 6 nitrogen and oxygen atoms in total. The fraction of sp³-hybridized carbons (Fsp3) is 0.677. The van der Waals surface area contributed by atoms with Crippen LogP contribution in [0.25, 0.3) is 0 Å². The number of aryl methyl sites for hydroxylation is 1. The number of anilines is 2. The predicted octanol–water partition coefficient (Wildman–Crippen LogP) is 7.35. The number of likely N-dealkylation sites (tertiary alicyclic amines) is 1. The first-order chi connectivity index (χ1) is 19.4. The highest BCUT2D eigenvalue weighted by Crippen LogP contribution is 2.52. The third-order valence-corrected chi connectivity index (χ3v) is 10.8. The molecule has 1 aromatic carbocycles. The number of rotatable bonds is 6. The van der Waals surface area contributed by atoms with E-state index in [9.17, 15) is 22.5 Å². The Morgan fingerprint density at radius 3 is 2.29 bits per heavy atom. The molecule has 2 aliphatic carbocycles. The van der Waals surface area contributed by atoms with Crippen LogP contribution in [0.3, 0.4) is 0 Å². The van der Waals surface area contributed by atoms with E-state index in [2.05, 4.69) is 34.0 Å². The standard InChI is InChI=1S/C29H39F3N4O2S.C2H6/c1-18(2)36-12-10-28(11-13-36)15-23(16-28)39(38)22-8-9-25(19(3)14-22)34-27-33-17-24(29(30,31)32)26(35-27)20-4-6-21(37)7-5-20;1-2/h8-9,14,17-18,20-21,23,37H,4-7,10-13,15-16H2,1-3H3,(H,33,34,35);1-2H3. The van der Waals surface area contributed by atoms with Crippen LogP contribution in [-0.2, 0) is 17.0 Å². The van der Waals surface area contributed by atoms with Gasteiger partial charge in [-0.1, -0.05) is 13.8 Å². The van der Waals surface area contributed by atoms with Crippen LogP contribution >= 0.6 is 0 Å². The lowest BCUT2D eigenvalue weighted by Gasteiger charge is -2.52. The summed E-state index contributed by atoms with van der Waals surface area (Å²) in [4.78, 5) is 11.6. The van der Waals surface area contributed by atoms with E-state index in [0.29, 0.717) is 42.8 Å². The van der Waals surface area contributed by atoms with Gasteiger partial charge in [0.05, 0.1) is 28.2 Å². The van der Waals surface area contributed by atoms with E-state index < -0.39 is 28.6 Å². The quantitative estimate of drug-likeness (QED) is 0.364. The number of nitrogens with zero attached hydrogens (tertiary/aromatic N) is 3. The Hall–Kier alpha value is -2.04. The number of alkyl halides is 3. The topological polar surface area (TPSA) is 78.4 Å². The average molecular weight is 595 g/mol. The maximum atomic E-state index is 13.7. The van der Waals surface area contributed by atoms with Gasteiger partial charge in [0, 0.05) is 34.0 Å². The smallest absolute Gasteiger partial charge is 0.393 e. The zero-order valence-corrected chi connectivity index (χ0v) is 25.7. The van der Waals surface area contributed by atoms with E-state index in [1.54, 1.807) is 0 Å². The van der Waals surface area contributed by atoms with Gasteiger partial charge < -0.3 is 15.3 Å². The summed E-state index contributed by atoms with van der Waals surface area (Å²) in [6.07, 6.45) is 2.05. The third-order valence-electron chi connectivity index (χ3n) is 9.10. The van der Waals surface area contributed by atoms with Crippen molar-refractivity contribution in [3.8, 4) is 0 Å². The second-order valence-corrected chi connectivity index (χ2v) is 13.8. The summed E-state index contributed by atoms with van der Waals surface area (Å²) >= 11 is 0. The van der Waals surface area contributed by atoms with Crippen LogP contribution in [-0.4, -0.2) is 54.7 Å². The van der Waals surface area contributed by atoms with Crippen molar-refractivity contribution in [3.63, 3.8) is 0 Å². The summed E-state index contributed by atoms with van der Waals surface area (Å²) in [6.45, 7) is 12.6. The summed E-state index contributed by atoms with van der Waals surface area (Å²) in [7, 11) is -1.09. The third kappa shape index (κ3) is 7.31. The van der Waals surface area contributed by atoms with Crippen LogP contribution in [0.15, 0.2) is 29.3 Å². The van der Waals surface area contributed by atoms with Gasteiger partial charge in [-0.25, -0.2) is 9.97 Å². The van der Waals surface area contributed by atoms with E-state index in [1.165, 1.54) is 12.8 Å². The first-order valence-corrected chi connectivity index (χ1v) is 16.3. The first kappa shape index (κ1) is 31.9. The Morgan fingerprint density at radius 1 is 1.10 bits per heavy atom. The minimum absolute atomic E-state index is 0.0135. The zero-order chi connectivity index (χ0) is 29.9. The number of hydrogen-bond acceptors (Lipinski definition) is 6. The normalized spacial score (nSPS) is 24.0. The molecule has 5 rings (SSSR count). The lowest BCUT2D eigenvalue weighted by molar-refractivity contribution is -0.139. The number of halogens is 3. The van der Waals surface area contributed by atoms with Gasteiger partial charge in [-0.2, -0.15) is 13.2 Å². The molecule has 1 aliphatic heterocycles. The van der Waals surface area contributed by atoms with Crippen LogP contribution in [0.4, 0.5) is 24.8 Å². The number of piperidine rings is 1. The fourth-order valence-electron chi connectivity index (χ4n) is 6.53. The second-order valence-electron chi connectivity index (χ2n) is 12.1. The number of benzene rings is 1. The summed E-state index contributed by atoms with van der Waals surface area (Å²) < 4.78 is 54.5. The van der Waals surface area contributed by atoms with E-state index in [1.807, 2.05) is 39.0 Å². The molecule has 0 amide bonds. The summed E-state index contributed by atoms with van der Waals surface area (Å²) in [5, 5.41) is 13.0. The first-order valence-electron chi connectivity index (χ1n) is 15.1. The van der Waals surface area contributed by atoms with Crippen molar-refractivity contribution in [1.29, 1.82) is 0 Å². The van der Waals surface area contributed by atoms with E-state index in [-0.39, 0.29) is 22.8 Å². The van der Waals surface area contributed by atoms with Crippen LogP contribution in [0.2, 0.25) is 0 Å². The molecule has 1 aromatic heterocycles. The monoisotopic (exact) mass is 594 g/mol. The van der Waals surface area contributed by atoms with Crippen LogP contribution < -0.4 is 5.32 Å². The fourth-order valence-corrected chi connectivity index (χ4v) is 8.42. The van der Waals surface area contributed by atoms with Crippen molar-refractivity contribution in [2.75, 3.05) is 18.4 Å². The maximum absolute atomic E-state index is 13.7. The molecule has 1 atom stereocenters. The van der Waals surface area contributed by atoms with E-state index >= 15 is 0 Å². The number of aliphatic hydroxyl groups excluding tert-OH is 1. The minimum atomic E-state index is -4.54. The molecule has 41 heavy (non-hydrogen) atoms. The van der Waals surface area contributed by atoms with Gasteiger partial charge in [-0.05, 0) is 114 Å². The maximum Gasteiger partial charge on any atom is 0.419 e. The predicted molar refractivity (Wildman–Crippen MR) is 158 cm³/mol.